The van der Waals surface area contributed by atoms with Crippen molar-refractivity contribution in [1.82, 2.24) is 5.32 Å². The largest absolute Gasteiger partial charge is 0.376 e. The van der Waals surface area contributed by atoms with Gasteiger partial charge < -0.3 is 14.8 Å². The van der Waals surface area contributed by atoms with E-state index in [0.717, 1.165) is 5.56 Å². The molecule has 0 aliphatic carbocycles. The first kappa shape index (κ1) is 12.5. The van der Waals surface area contributed by atoms with Crippen molar-refractivity contribution in [2.24, 2.45) is 0 Å². The molecule has 1 N–H and O–H groups in total. The molecule has 1 aromatic rings. The maximum Gasteiger partial charge on any atom is 0.126 e. The molecule has 2 unspecified atom stereocenters. The van der Waals surface area contributed by atoms with Gasteiger partial charge in [0.1, 0.15) is 11.9 Å². The summed E-state index contributed by atoms with van der Waals surface area (Å²) in [5.74, 6) is -0.176. The SMILES string of the molecule is CNC(c1ccc(F)c(C)c1)C1COCCO1. The Morgan fingerprint density at radius 1 is 1.41 bits per heavy atom. The minimum atomic E-state index is -0.176. The molecule has 0 saturated carbocycles. The number of ether oxygens (including phenoxy) is 2. The number of nitrogens with one attached hydrogen (secondary N) is 1. The van der Waals surface area contributed by atoms with Gasteiger partial charge in [0, 0.05) is 0 Å². The van der Waals surface area contributed by atoms with Crippen LogP contribution in [0.15, 0.2) is 18.2 Å². The lowest BCUT2D eigenvalue weighted by atomic mass is 9.99. The highest BCUT2D eigenvalue weighted by molar-refractivity contribution is 5.27. The van der Waals surface area contributed by atoms with Gasteiger partial charge >= 0.3 is 0 Å². The molecule has 0 radical (unpaired) electrons. The molecule has 3 nitrogen and oxygen atoms in total. The average Bonchev–Trinajstić information content (AvgIpc) is 2.36. The molecular formula is C13H18FNO2. The Balaban J connectivity index is 2.18. The molecule has 2 rings (SSSR count). The second-order valence-electron chi connectivity index (χ2n) is 4.26. The van der Waals surface area contributed by atoms with Crippen LogP contribution in [0.5, 0.6) is 0 Å². The normalized spacial score (nSPS) is 22.4. The lowest BCUT2D eigenvalue weighted by Gasteiger charge is -2.30. The number of likely N-dealkylation sites (N-methyl/N-ethyl adjacent to an activating group) is 1. The van der Waals surface area contributed by atoms with Crippen molar-refractivity contribution in [3.8, 4) is 0 Å². The van der Waals surface area contributed by atoms with E-state index in [9.17, 15) is 4.39 Å². The van der Waals surface area contributed by atoms with Crippen molar-refractivity contribution in [3.63, 3.8) is 0 Å². The minimum Gasteiger partial charge on any atom is -0.376 e. The van der Waals surface area contributed by atoms with E-state index in [1.807, 2.05) is 13.1 Å². The fourth-order valence-corrected chi connectivity index (χ4v) is 2.13. The van der Waals surface area contributed by atoms with Gasteiger partial charge in [0.25, 0.3) is 0 Å². The molecule has 17 heavy (non-hydrogen) atoms. The Morgan fingerprint density at radius 3 is 2.82 bits per heavy atom. The predicted octanol–water partition coefficient (Wildman–Crippen LogP) is 1.81. The number of rotatable bonds is 3. The Hall–Kier alpha value is -0.970. The first-order chi connectivity index (χ1) is 8.22. The van der Waals surface area contributed by atoms with Crippen LogP contribution in [0.3, 0.4) is 0 Å². The standard InChI is InChI=1S/C13H18FNO2/c1-9-7-10(3-4-11(9)14)13(15-2)12-8-16-5-6-17-12/h3-4,7,12-13,15H,5-6,8H2,1-2H3. The lowest BCUT2D eigenvalue weighted by Crippen LogP contribution is -2.39. The van der Waals surface area contributed by atoms with Crippen molar-refractivity contribution >= 4 is 0 Å². The Labute approximate surface area is 101 Å². The molecule has 94 valence electrons. The number of hydrogen-bond donors (Lipinski definition) is 1. The van der Waals surface area contributed by atoms with Gasteiger partial charge in [-0.2, -0.15) is 0 Å². The zero-order valence-corrected chi connectivity index (χ0v) is 10.2. The average molecular weight is 239 g/mol. The van der Waals surface area contributed by atoms with Crippen LogP contribution >= 0.6 is 0 Å². The first-order valence-electron chi connectivity index (χ1n) is 5.85. The molecule has 1 aliphatic heterocycles. The Morgan fingerprint density at radius 2 is 2.24 bits per heavy atom. The number of benzene rings is 1. The molecule has 0 spiro atoms. The summed E-state index contributed by atoms with van der Waals surface area (Å²) in [6.07, 6.45) is -0.0152. The number of halogens is 1. The summed E-state index contributed by atoms with van der Waals surface area (Å²) in [6, 6.07) is 5.18. The van der Waals surface area contributed by atoms with Gasteiger partial charge in [0.15, 0.2) is 0 Å². The summed E-state index contributed by atoms with van der Waals surface area (Å²) in [7, 11) is 1.88. The highest BCUT2D eigenvalue weighted by Gasteiger charge is 2.25. The molecule has 1 aromatic carbocycles. The lowest BCUT2D eigenvalue weighted by molar-refractivity contribution is -0.101. The van der Waals surface area contributed by atoms with Crippen LogP contribution in [0.2, 0.25) is 0 Å². The summed E-state index contributed by atoms with van der Waals surface area (Å²) in [6.45, 7) is 3.60. The third-order valence-corrected chi connectivity index (χ3v) is 3.07. The minimum absolute atomic E-state index is 0.0152. The highest BCUT2D eigenvalue weighted by Crippen LogP contribution is 2.23. The molecular weight excluding hydrogens is 221 g/mol. The van der Waals surface area contributed by atoms with Crippen LogP contribution in [0.25, 0.3) is 0 Å². The maximum absolute atomic E-state index is 13.2. The van der Waals surface area contributed by atoms with E-state index in [1.165, 1.54) is 6.07 Å². The molecule has 1 fully saturated rings. The summed E-state index contributed by atoms with van der Waals surface area (Å²) >= 11 is 0. The van der Waals surface area contributed by atoms with Gasteiger partial charge in [-0.15, -0.1) is 0 Å². The van der Waals surface area contributed by atoms with Crippen molar-refractivity contribution in [1.29, 1.82) is 0 Å². The second kappa shape index (κ2) is 5.58. The van der Waals surface area contributed by atoms with Crippen LogP contribution in [-0.4, -0.2) is 33.0 Å². The third kappa shape index (κ3) is 2.83. The summed E-state index contributed by atoms with van der Waals surface area (Å²) in [4.78, 5) is 0. The van der Waals surface area contributed by atoms with E-state index >= 15 is 0 Å². The van der Waals surface area contributed by atoms with Crippen molar-refractivity contribution in [2.75, 3.05) is 26.9 Å². The highest BCUT2D eigenvalue weighted by atomic mass is 19.1. The van der Waals surface area contributed by atoms with Gasteiger partial charge in [-0.3, -0.25) is 0 Å². The van der Waals surface area contributed by atoms with E-state index in [2.05, 4.69) is 5.32 Å². The zero-order chi connectivity index (χ0) is 12.3. The molecule has 4 heteroatoms. The van der Waals surface area contributed by atoms with Gasteiger partial charge in [-0.25, -0.2) is 4.39 Å². The van der Waals surface area contributed by atoms with Crippen LogP contribution in [0, 0.1) is 12.7 Å². The number of hydrogen-bond acceptors (Lipinski definition) is 3. The summed E-state index contributed by atoms with van der Waals surface area (Å²) in [5.41, 5.74) is 1.68. The van der Waals surface area contributed by atoms with Crippen molar-refractivity contribution in [2.45, 2.75) is 19.1 Å². The maximum atomic E-state index is 13.2. The molecule has 1 aliphatic rings. The fraction of sp³-hybridized carbons (Fsp3) is 0.538. The van der Waals surface area contributed by atoms with E-state index in [1.54, 1.807) is 13.0 Å². The van der Waals surface area contributed by atoms with E-state index in [4.69, 9.17) is 9.47 Å². The quantitative estimate of drug-likeness (QED) is 0.872. The van der Waals surface area contributed by atoms with Crippen LogP contribution in [0.1, 0.15) is 17.2 Å². The second-order valence-corrected chi connectivity index (χ2v) is 4.26. The molecule has 1 heterocycles. The molecule has 0 bridgehead atoms. The topological polar surface area (TPSA) is 30.5 Å². The van der Waals surface area contributed by atoms with Gasteiger partial charge in [0.2, 0.25) is 0 Å². The van der Waals surface area contributed by atoms with E-state index in [0.29, 0.717) is 25.4 Å². The zero-order valence-electron chi connectivity index (χ0n) is 10.2. The fourth-order valence-electron chi connectivity index (χ4n) is 2.13. The Kier molecular flexibility index (Phi) is 4.10. The summed E-state index contributed by atoms with van der Waals surface area (Å²) < 4.78 is 24.3. The summed E-state index contributed by atoms with van der Waals surface area (Å²) in [5, 5.41) is 3.21. The van der Waals surface area contributed by atoms with Gasteiger partial charge in [-0.05, 0) is 31.2 Å². The predicted molar refractivity (Wildman–Crippen MR) is 63.5 cm³/mol. The molecule has 1 saturated heterocycles. The van der Waals surface area contributed by atoms with E-state index in [-0.39, 0.29) is 18.0 Å². The number of aryl methyl sites for hydroxylation is 1. The van der Waals surface area contributed by atoms with Crippen molar-refractivity contribution < 1.29 is 13.9 Å². The van der Waals surface area contributed by atoms with Crippen molar-refractivity contribution in [3.05, 3.63) is 35.1 Å². The van der Waals surface area contributed by atoms with Crippen LogP contribution < -0.4 is 5.32 Å². The first-order valence-corrected chi connectivity index (χ1v) is 5.85. The van der Waals surface area contributed by atoms with Gasteiger partial charge in [0.05, 0.1) is 25.9 Å². The molecule has 2 atom stereocenters. The third-order valence-electron chi connectivity index (χ3n) is 3.07. The van der Waals surface area contributed by atoms with Gasteiger partial charge in [-0.1, -0.05) is 12.1 Å². The Bertz CT molecular complexity index is 378. The van der Waals surface area contributed by atoms with Crippen LogP contribution in [-0.2, 0) is 9.47 Å². The van der Waals surface area contributed by atoms with E-state index < -0.39 is 0 Å². The smallest absolute Gasteiger partial charge is 0.126 e. The monoisotopic (exact) mass is 239 g/mol. The van der Waals surface area contributed by atoms with Crippen LogP contribution in [0.4, 0.5) is 4.39 Å². The molecule has 0 aromatic heterocycles. The molecule has 0 amide bonds.